The average molecular weight is 352 g/mol. The van der Waals surface area contributed by atoms with Gasteiger partial charge in [-0.15, -0.1) is 36.2 Å². The molecule has 21 heavy (non-hydrogen) atoms. The molecule has 1 N–H and O–H groups in total. The molecule has 0 aromatic carbocycles. The van der Waals surface area contributed by atoms with E-state index in [0.29, 0.717) is 18.4 Å². The Bertz CT molecular complexity index is 416. The molecule has 2 aliphatic heterocycles. The molecule has 0 spiro atoms. The summed E-state index contributed by atoms with van der Waals surface area (Å²) >= 11 is 1.78. The zero-order valence-corrected chi connectivity index (χ0v) is 14.4. The lowest BCUT2D eigenvalue weighted by Crippen LogP contribution is -2.49. The van der Waals surface area contributed by atoms with Crippen LogP contribution in [0.15, 0.2) is 17.5 Å². The lowest BCUT2D eigenvalue weighted by Gasteiger charge is -2.35. The molecule has 1 amide bonds. The number of halogens is 2. The third-order valence-electron chi connectivity index (χ3n) is 4.03. The number of nitrogens with one attached hydrogen (secondary N) is 1. The Kier molecular flexibility index (Phi) is 7.81. The first-order valence-corrected chi connectivity index (χ1v) is 8.00. The monoisotopic (exact) mass is 351 g/mol. The summed E-state index contributed by atoms with van der Waals surface area (Å²) in [4.78, 5) is 16.6. The highest BCUT2D eigenvalue weighted by Gasteiger charge is 2.25. The van der Waals surface area contributed by atoms with Crippen LogP contribution in [0.5, 0.6) is 0 Å². The molecule has 2 saturated heterocycles. The van der Waals surface area contributed by atoms with E-state index in [1.165, 1.54) is 11.4 Å². The molecule has 4 nitrogen and oxygen atoms in total. The third kappa shape index (κ3) is 4.74. The first-order valence-electron chi connectivity index (χ1n) is 7.12. The van der Waals surface area contributed by atoms with E-state index in [9.17, 15) is 4.79 Å². The largest absolute Gasteiger partial charge is 0.360 e. The Morgan fingerprint density at radius 2 is 2.05 bits per heavy atom. The van der Waals surface area contributed by atoms with Crippen molar-refractivity contribution in [1.29, 1.82) is 0 Å². The third-order valence-corrected chi connectivity index (χ3v) is 4.96. The standard InChI is InChI=1S/C14H21N3OS.2ClH/c18-13(11-12-3-1-5-15-12)16-6-8-17(9-7-16)14-4-2-10-19-14;;/h2,4,10,12,15H,1,3,5-9,11H2;2*1H. The van der Waals surface area contributed by atoms with Gasteiger partial charge in [-0.3, -0.25) is 4.79 Å². The fraction of sp³-hybridized carbons (Fsp3) is 0.643. The molecule has 1 unspecified atom stereocenters. The lowest BCUT2D eigenvalue weighted by molar-refractivity contribution is -0.131. The van der Waals surface area contributed by atoms with Gasteiger partial charge >= 0.3 is 0 Å². The predicted molar refractivity (Wildman–Crippen MR) is 93.2 cm³/mol. The molecule has 120 valence electrons. The van der Waals surface area contributed by atoms with Crippen molar-refractivity contribution in [2.75, 3.05) is 37.6 Å². The summed E-state index contributed by atoms with van der Waals surface area (Å²) in [5.74, 6) is 0.324. The summed E-state index contributed by atoms with van der Waals surface area (Å²) in [6, 6.07) is 4.66. The van der Waals surface area contributed by atoms with Gasteiger partial charge in [0.05, 0.1) is 5.00 Å². The van der Waals surface area contributed by atoms with Crippen LogP contribution in [0.1, 0.15) is 19.3 Å². The van der Waals surface area contributed by atoms with E-state index in [1.807, 2.05) is 4.90 Å². The van der Waals surface area contributed by atoms with Crippen molar-refractivity contribution in [2.24, 2.45) is 0 Å². The fourth-order valence-corrected chi connectivity index (χ4v) is 3.68. The van der Waals surface area contributed by atoms with Crippen molar-refractivity contribution in [3.63, 3.8) is 0 Å². The number of hydrogen-bond acceptors (Lipinski definition) is 4. The lowest BCUT2D eigenvalue weighted by atomic mass is 10.1. The molecule has 0 aliphatic carbocycles. The molecule has 1 aromatic heterocycles. The van der Waals surface area contributed by atoms with Crippen molar-refractivity contribution in [3.05, 3.63) is 17.5 Å². The van der Waals surface area contributed by atoms with Gasteiger partial charge in [0.15, 0.2) is 0 Å². The van der Waals surface area contributed by atoms with Crippen LogP contribution < -0.4 is 10.2 Å². The molecule has 0 bridgehead atoms. The SMILES string of the molecule is Cl.Cl.O=C(CC1CCCN1)N1CCN(c2cccs2)CC1. The summed E-state index contributed by atoms with van der Waals surface area (Å²) in [5.41, 5.74) is 0. The number of carbonyl (C=O) groups is 1. The summed E-state index contributed by atoms with van der Waals surface area (Å²) < 4.78 is 0. The van der Waals surface area contributed by atoms with E-state index in [0.717, 1.165) is 39.1 Å². The smallest absolute Gasteiger partial charge is 0.224 e. The van der Waals surface area contributed by atoms with Gasteiger partial charge in [0.25, 0.3) is 0 Å². The number of thiophene rings is 1. The average Bonchev–Trinajstić information content (AvgIpc) is 3.12. The van der Waals surface area contributed by atoms with Gasteiger partial charge in [-0.1, -0.05) is 0 Å². The van der Waals surface area contributed by atoms with Gasteiger partial charge in [-0.05, 0) is 36.9 Å². The molecule has 2 fully saturated rings. The first kappa shape index (κ1) is 18.6. The number of anilines is 1. The Hall–Kier alpha value is -0.490. The summed E-state index contributed by atoms with van der Waals surface area (Å²) in [7, 11) is 0. The van der Waals surface area contributed by atoms with Gasteiger partial charge in [0.2, 0.25) is 5.91 Å². The Labute approximate surface area is 142 Å². The second kappa shape index (κ2) is 8.83. The van der Waals surface area contributed by atoms with Crippen LogP contribution in [0.4, 0.5) is 5.00 Å². The minimum Gasteiger partial charge on any atom is -0.360 e. The van der Waals surface area contributed by atoms with Crippen LogP contribution >= 0.6 is 36.2 Å². The predicted octanol–water partition coefficient (Wildman–Crippen LogP) is 2.38. The number of amides is 1. The fourth-order valence-electron chi connectivity index (χ4n) is 2.90. The van der Waals surface area contributed by atoms with Gasteiger partial charge in [0.1, 0.15) is 0 Å². The molecular weight excluding hydrogens is 329 g/mol. The highest BCUT2D eigenvalue weighted by Crippen LogP contribution is 2.22. The maximum atomic E-state index is 12.2. The van der Waals surface area contributed by atoms with Crippen molar-refractivity contribution in [2.45, 2.75) is 25.3 Å². The Balaban J connectivity index is 0.00000110. The molecule has 1 aromatic rings. The molecule has 2 aliphatic rings. The highest BCUT2D eigenvalue weighted by molar-refractivity contribution is 7.14. The molecule has 3 heterocycles. The van der Waals surface area contributed by atoms with Crippen LogP contribution in [-0.2, 0) is 4.79 Å². The second-order valence-electron chi connectivity index (χ2n) is 5.32. The molecule has 3 rings (SSSR count). The normalized spacial score (nSPS) is 21.6. The van der Waals surface area contributed by atoms with Crippen molar-refractivity contribution in [3.8, 4) is 0 Å². The number of nitrogens with zero attached hydrogens (tertiary/aromatic N) is 2. The second-order valence-corrected chi connectivity index (χ2v) is 6.24. The maximum Gasteiger partial charge on any atom is 0.224 e. The minimum atomic E-state index is 0. The maximum absolute atomic E-state index is 12.2. The van der Waals surface area contributed by atoms with Crippen molar-refractivity contribution >= 4 is 47.1 Å². The van der Waals surface area contributed by atoms with Gasteiger partial charge in [-0.2, -0.15) is 0 Å². The number of piperazine rings is 1. The van der Waals surface area contributed by atoms with Crippen molar-refractivity contribution in [1.82, 2.24) is 10.2 Å². The molecule has 7 heteroatoms. The number of rotatable bonds is 3. The van der Waals surface area contributed by atoms with E-state index in [1.54, 1.807) is 11.3 Å². The van der Waals surface area contributed by atoms with Crippen LogP contribution in [0, 0.1) is 0 Å². The number of hydrogen-bond donors (Lipinski definition) is 1. The van der Waals surface area contributed by atoms with Gasteiger partial charge in [0, 0.05) is 38.6 Å². The zero-order chi connectivity index (χ0) is 13.1. The molecule has 1 atom stereocenters. The Morgan fingerprint density at radius 1 is 1.29 bits per heavy atom. The van der Waals surface area contributed by atoms with E-state index >= 15 is 0 Å². The van der Waals surface area contributed by atoms with Crippen LogP contribution in [-0.4, -0.2) is 49.6 Å². The van der Waals surface area contributed by atoms with Gasteiger partial charge in [-0.25, -0.2) is 0 Å². The first-order chi connectivity index (χ1) is 9.33. The van der Waals surface area contributed by atoms with Crippen molar-refractivity contribution < 1.29 is 4.79 Å². The minimum absolute atomic E-state index is 0. The summed E-state index contributed by atoms with van der Waals surface area (Å²) in [6.45, 7) is 4.73. The van der Waals surface area contributed by atoms with E-state index in [4.69, 9.17) is 0 Å². The molecule has 0 saturated carbocycles. The van der Waals surface area contributed by atoms with Gasteiger partial charge < -0.3 is 15.1 Å². The van der Waals surface area contributed by atoms with Crippen LogP contribution in [0.3, 0.4) is 0 Å². The highest BCUT2D eigenvalue weighted by atomic mass is 35.5. The van der Waals surface area contributed by atoms with E-state index in [2.05, 4.69) is 27.7 Å². The Morgan fingerprint density at radius 3 is 2.62 bits per heavy atom. The molecule has 0 radical (unpaired) electrons. The topological polar surface area (TPSA) is 35.6 Å². The molecular formula is C14H23Cl2N3OS. The van der Waals surface area contributed by atoms with Crippen LogP contribution in [0.25, 0.3) is 0 Å². The van der Waals surface area contributed by atoms with E-state index < -0.39 is 0 Å². The van der Waals surface area contributed by atoms with Crippen LogP contribution in [0.2, 0.25) is 0 Å². The van der Waals surface area contributed by atoms with E-state index in [-0.39, 0.29) is 24.8 Å². The zero-order valence-electron chi connectivity index (χ0n) is 12.0. The summed E-state index contributed by atoms with van der Waals surface area (Å²) in [5, 5.41) is 6.83. The summed E-state index contributed by atoms with van der Waals surface area (Å²) in [6.07, 6.45) is 3.05. The quantitative estimate of drug-likeness (QED) is 0.907. The number of carbonyl (C=O) groups excluding carboxylic acids is 1.